The molecule has 31 heavy (non-hydrogen) atoms. The van der Waals surface area contributed by atoms with Gasteiger partial charge in [0.05, 0.1) is 12.5 Å². The monoisotopic (exact) mass is 412 g/mol. The van der Waals surface area contributed by atoms with Gasteiger partial charge in [-0.3, -0.25) is 4.79 Å². The van der Waals surface area contributed by atoms with Gasteiger partial charge >= 0.3 is 5.63 Å². The Morgan fingerprint density at radius 3 is 2.32 bits per heavy atom. The predicted molar refractivity (Wildman–Crippen MR) is 116 cm³/mol. The molecule has 0 fully saturated rings. The van der Waals surface area contributed by atoms with Crippen LogP contribution in [0, 0.1) is 0 Å². The number of benzene rings is 3. The van der Waals surface area contributed by atoms with Gasteiger partial charge < -0.3 is 18.7 Å². The molecule has 0 atom stereocenters. The highest BCUT2D eigenvalue weighted by atomic mass is 16.5. The number of carbonyl (C=O) groups is 1. The third kappa shape index (κ3) is 3.05. The van der Waals surface area contributed by atoms with Crippen molar-refractivity contribution >= 4 is 27.7 Å². The van der Waals surface area contributed by atoms with E-state index in [2.05, 4.69) is 0 Å². The second-order valence-corrected chi connectivity index (χ2v) is 7.00. The molecule has 1 N–H and O–H groups in total. The molecule has 0 spiro atoms. The molecule has 2 aromatic heterocycles. The van der Waals surface area contributed by atoms with Crippen LogP contribution in [0.15, 0.2) is 86.4 Å². The minimum atomic E-state index is -0.602. The van der Waals surface area contributed by atoms with Crippen molar-refractivity contribution in [3.63, 3.8) is 0 Å². The number of furan rings is 1. The number of ether oxygens (including phenoxy) is 1. The van der Waals surface area contributed by atoms with Gasteiger partial charge in [0.25, 0.3) is 0 Å². The summed E-state index contributed by atoms with van der Waals surface area (Å²) < 4.78 is 16.7. The van der Waals surface area contributed by atoms with Gasteiger partial charge in [-0.2, -0.15) is 0 Å². The third-order valence-corrected chi connectivity index (χ3v) is 5.16. The lowest BCUT2D eigenvalue weighted by Gasteiger charge is -2.05. The van der Waals surface area contributed by atoms with Crippen LogP contribution in [0.4, 0.5) is 0 Å². The van der Waals surface area contributed by atoms with Crippen LogP contribution in [0.1, 0.15) is 16.1 Å². The Morgan fingerprint density at radius 2 is 1.61 bits per heavy atom. The summed E-state index contributed by atoms with van der Waals surface area (Å²) in [7, 11) is 1.55. The van der Waals surface area contributed by atoms with Gasteiger partial charge in [-0.25, -0.2) is 4.79 Å². The number of hydrogen-bond acceptors (Lipinski definition) is 6. The van der Waals surface area contributed by atoms with Gasteiger partial charge in [0.1, 0.15) is 22.5 Å². The number of para-hydroxylation sites is 1. The van der Waals surface area contributed by atoms with E-state index in [1.807, 2.05) is 0 Å². The van der Waals surface area contributed by atoms with Crippen molar-refractivity contribution in [1.29, 1.82) is 0 Å². The van der Waals surface area contributed by atoms with E-state index in [-0.39, 0.29) is 28.3 Å². The molecule has 0 radical (unpaired) electrons. The van der Waals surface area contributed by atoms with Crippen LogP contribution in [0.3, 0.4) is 0 Å². The summed E-state index contributed by atoms with van der Waals surface area (Å²) >= 11 is 0. The quantitative estimate of drug-likeness (QED) is 0.324. The Hall–Kier alpha value is -4.32. The molecule has 0 aliphatic carbocycles. The Balaban J connectivity index is 1.84. The first-order valence-electron chi connectivity index (χ1n) is 9.53. The summed E-state index contributed by atoms with van der Waals surface area (Å²) in [5.74, 6) is 0.323. The van der Waals surface area contributed by atoms with Crippen LogP contribution in [0.2, 0.25) is 0 Å². The van der Waals surface area contributed by atoms with Gasteiger partial charge in [0.15, 0.2) is 11.3 Å². The maximum absolute atomic E-state index is 13.4. The first-order valence-corrected chi connectivity index (χ1v) is 9.53. The summed E-state index contributed by atoms with van der Waals surface area (Å²) in [6.07, 6.45) is 0. The molecule has 0 amide bonds. The summed E-state index contributed by atoms with van der Waals surface area (Å²) in [5.41, 5.74) is 1.32. The molecule has 2 heterocycles. The number of fused-ring (bicyclic) bond motifs is 3. The van der Waals surface area contributed by atoms with E-state index in [4.69, 9.17) is 13.6 Å². The van der Waals surface area contributed by atoms with Crippen molar-refractivity contribution in [2.45, 2.75) is 0 Å². The van der Waals surface area contributed by atoms with E-state index >= 15 is 0 Å². The van der Waals surface area contributed by atoms with E-state index in [1.165, 1.54) is 12.1 Å². The second-order valence-electron chi connectivity index (χ2n) is 7.00. The minimum Gasteiger partial charge on any atom is -0.508 e. The van der Waals surface area contributed by atoms with Gasteiger partial charge in [-0.05, 0) is 54.1 Å². The van der Waals surface area contributed by atoms with E-state index < -0.39 is 5.63 Å². The van der Waals surface area contributed by atoms with Gasteiger partial charge in [0.2, 0.25) is 5.78 Å². The topological polar surface area (TPSA) is 89.9 Å². The number of aromatic hydroxyl groups is 1. The molecule has 0 saturated carbocycles. The Labute approximate surface area is 175 Å². The zero-order valence-electron chi connectivity index (χ0n) is 16.4. The lowest BCUT2D eigenvalue weighted by molar-refractivity contribution is 0.101. The summed E-state index contributed by atoms with van der Waals surface area (Å²) in [5, 5.41) is 10.5. The Morgan fingerprint density at radius 1 is 0.903 bits per heavy atom. The van der Waals surface area contributed by atoms with Gasteiger partial charge in [-0.15, -0.1) is 0 Å². The average molecular weight is 412 g/mol. The summed E-state index contributed by atoms with van der Waals surface area (Å²) in [4.78, 5) is 26.3. The van der Waals surface area contributed by atoms with Crippen molar-refractivity contribution in [2.75, 3.05) is 7.11 Å². The van der Waals surface area contributed by atoms with Crippen molar-refractivity contribution < 1.29 is 23.5 Å². The maximum Gasteiger partial charge on any atom is 0.348 e. The van der Waals surface area contributed by atoms with Crippen molar-refractivity contribution in [3.8, 4) is 22.6 Å². The van der Waals surface area contributed by atoms with Gasteiger partial charge in [-0.1, -0.05) is 24.3 Å². The Kier molecular flexibility index (Phi) is 4.33. The number of phenols is 1. The lowest BCUT2D eigenvalue weighted by Crippen LogP contribution is -2.03. The lowest BCUT2D eigenvalue weighted by atomic mass is 9.98. The molecule has 6 heteroatoms. The molecule has 0 unspecified atom stereocenters. The second kappa shape index (κ2) is 7.18. The van der Waals surface area contributed by atoms with E-state index in [0.717, 1.165) is 0 Å². The molecule has 0 aliphatic heterocycles. The van der Waals surface area contributed by atoms with Gasteiger partial charge in [0, 0.05) is 11.1 Å². The first-order chi connectivity index (χ1) is 15.1. The number of ketones is 1. The Bertz CT molecular complexity index is 1490. The average Bonchev–Trinajstić information content (AvgIpc) is 3.21. The molecule has 5 aromatic rings. The smallest absolute Gasteiger partial charge is 0.348 e. The molecular formula is C25H16O6. The zero-order valence-corrected chi connectivity index (χ0v) is 16.4. The number of rotatable bonds is 4. The highest BCUT2D eigenvalue weighted by Crippen LogP contribution is 2.38. The predicted octanol–water partition coefficient (Wildman–Crippen LogP) is 5.15. The first kappa shape index (κ1) is 18.7. The molecule has 152 valence electrons. The van der Waals surface area contributed by atoms with Crippen LogP contribution >= 0.6 is 0 Å². The van der Waals surface area contributed by atoms with Crippen molar-refractivity contribution in [3.05, 3.63) is 94.5 Å². The number of hydrogen-bond donors (Lipinski definition) is 1. The van der Waals surface area contributed by atoms with E-state index in [9.17, 15) is 14.7 Å². The fourth-order valence-corrected chi connectivity index (χ4v) is 3.65. The molecule has 5 rings (SSSR count). The fourth-order valence-electron chi connectivity index (χ4n) is 3.65. The molecule has 6 nitrogen and oxygen atoms in total. The largest absolute Gasteiger partial charge is 0.508 e. The highest BCUT2D eigenvalue weighted by Gasteiger charge is 2.27. The molecular weight excluding hydrogens is 396 g/mol. The van der Waals surface area contributed by atoms with E-state index in [1.54, 1.807) is 67.8 Å². The molecule has 3 aromatic carbocycles. The highest BCUT2D eigenvalue weighted by molar-refractivity contribution is 6.18. The number of carbonyl (C=O) groups excluding carboxylic acids is 1. The number of phenolic OH excluding ortho intramolecular Hbond substituents is 1. The van der Waals surface area contributed by atoms with Crippen molar-refractivity contribution in [1.82, 2.24) is 0 Å². The summed E-state index contributed by atoms with van der Waals surface area (Å²) in [6.45, 7) is 0. The van der Waals surface area contributed by atoms with Crippen LogP contribution in [-0.2, 0) is 0 Å². The standard InChI is InChI=1S/C25H16O6/c1-29-17-12-8-15(9-13-17)22(27)24-20(14-6-10-16(26)11-7-14)21-23(31-24)18-4-2-3-5-19(18)30-25(21)28/h2-13,26H,1H3. The fraction of sp³-hybridized carbons (Fsp3) is 0.0400. The molecule has 0 bridgehead atoms. The summed E-state index contributed by atoms with van der Waals surface area (Å²) in [6, 6.07) is 19.8. The zero-order chi connectivity index (χ0) is 21.5. The number of methoxy groups -OCH3 is 1. The molecule has 0 aliphatic rings. The van der Waals surface area contributed by atoms with Crippen LogP contribution < -0.4 is 10.4 Å². The minimum absolute atomic E-state index is 0.0227. The maximum atomic E-state index is 13.4. The van der Waals surface area contributed by atoms with Crippen LogP contribution in [0.25, 0.3) is 33.1 Å². The van der Waals surface area contributed by atoms with Crippen molar-refractivity contribution in [2.24, 2.45) is 0 Å². The van der Waals surface area contributed by atoms with Crippen LogP contribution in [0.5, 0.6) is 11.5 Å². The molecule has 0 saturated heterocycles. The van der Waals surface area contributed by atoms with E-state index in [0.29, 0.717) is 33.4 Å². The van der Waals surface area contributed by atoms with Crippen LogP contribution in [-0.4, -0.2) is 18.0 Å². The SMILES string of the molecule is COc1ccc(C(=O)c2oc3c(c2-c2ccc(O)cc2)c(=O)oc2ccccc23)cc1. The third-order valence-electron chi connectivity index (χ3n) is 5.16. The normalized spacial score (nSPS) is 11.1.